The second kappa shape index (κ2) is 20.5. The summed E-state index contributed by atoms with van der Waals surface area (Å²) in [5.41, 5.74) is 2.39. The van der Waals surface area contributed by atoms with Crippen molar-refractivity contribution in [2.45, 2.75) is 70.0 Å². The van der Waals surface area contributed by atoms with Gasteiger partial charge < -0.3 is 24.0 Å². The monoisotopic (exact) mass is 934 g/mol. The standard InChI is InChI=1S/C31H29FN6O3.C21H19FN2O4/c32-27-9-5-20(16-28-25-17-23(41-22-3-1-4-22)7-8-24(25)30(39)36-35-28)15-26(27)31(40)38-12-2-11-37(13-14-38)29-10-6-21(18-33)19-34-29;1-27-21(26)17-9-12(5-8-18(17)22)10-19-16-11-14(28-13-3-2-4-13)6-7-15(16)20(25)24-23-19/h5-10,15,17,19,22H,1-4,11-14,16H2,(H,36,39);5-9,11,13H,2-4,10H2,1H3,(H,24,25). The molecule has 1 amide bonds. The number of aromatic amines is 2. The van der Waals surface area contributed by atoms with Crippen LogP contribution in [0.3, 0.4) is 0 Å². The van der Waals surface area contributed by atoms with Gasteiger partial charge >= 0.3 is 5.97 Å². The zero-order valence-corrected chi connectivity index (χ0v) is 37.8. The summed E-state index contributed by atoms with van der Waals surface area (Å²) in [4.78, 5) is 57.9. The summed E-state index contributed by atoms with van der Waals surface area (Å²) in [5, 5.41) is 24.9. The zero-order valence-electron chi connectivity index (χ0n) is 37.8. The topological polar surface area (TPSA) is 196 Å². The van der Waals surface area contributed by atoms with Crippen LogP contribution in [0.2, 0.25) is 0 Å². The summed E-state index contributed by atoms with van der Waals surface area (Å²) >= 11 is 0. The number of nitrogens with one attached hydrogen (secondary N) is 2. The summed E-state index contributed by atoms with van der Waals surface area (Å²) in [5.74, 6) is -0.203. The Morgan fingerprint density at radius 3 is 1.75 bits per heavy atom. The van der Waals surface area contributed by atoms with Crippen LogP contribution in [0.1, 0.15) is 93.7 Å². The van der Waals surface area contributed by atoms with E-state index >= 15 is 0 Å². The van der Waals surface area contributed by atoms with Crippen LogP contribution in [0.15, 0.2) is 101 Å². The van der Waals surface area contributed by atoms with E-state index in [0.717, 1.165) is 44.3 Å². The highest BCUT2D eigenvalue weighted by molar-refractivity contribution is 5.95. The molecule has 7 aromatic rings. The van der Waals surface area contributed by atoms with E-state index in [1.54, 1.807) is 59.5 Å². The fraction of sp³-hybridized carbons (Fsp3) is 0.308. The highest BCUT2D eigenvalue weighted by Crippen LogP contribution is 2.30. The number of hydrogen-bond acceptors (Lipinski definition) is 12. The minimum atomic E-state index is -0.741. The number of carbonyl (C=O) groups is 2. The first-order valence-corrected chi connectivity index (χ1v) is 22.9. The molecule has 2 saturated carbocycles. The third-order valence-corrected chi connectivity index (χ3v) is 12.8. The largest absolute Gasteiger partial charge is 0.490 e. The first-order chi connectivity index (χ1) is 33.5. The third-order valence-electron chi connectivity index (χ3n) is 12.8. The van der Waals surface area contributed by atoms with Gasteiger partial charge in [-0.3, -0.25) is 14.4 Å². The van der Waals surface area contributed by atoms with Gasteiger partial charge in [0.05, 0.1) is 58.2 Å². The fourth-order valence-corrected chi connectivity index (χ4v) is 8.52. The number of esters is 1. The number of anilines is 1. The van der Waals surface area contributed by atoms with Gasteiger partial charge in [0.15, 0.2) is 0 Å². The lowest BCUT2D eigenvalue weighted by atomic mass is 9.96. The summed E-state index contributed by atoms with van der Waals surface area (Å²) < 4.78 is 45.4. The Labute approximate surface area is 394 Å². The van der Waals surface area contributed by atoms with E-state index in [2.05, 4.69) is 41.1 Å². The molecule has 17 heteroatoms. The molecule has 69 heavy (non-hydrogen) atoms. The lowest BCUT2D eigenvalue weighted by Crippen LogP contribution is -2.35. The predicted octanol–water partition coefficient (Wildman–Crippen LogP) is 7.57. The normalized spacial score (nSPS) is 15.0. The number of carbonyl (C=O) groups excluding carboxylic acids is 2. The van der Waals surface area contributed by atoms with E-state index in [1.165, 1.54) is 31.5 Å². The summed E-state index contributed by atoms with van der Waals surface area (Å²) in [6, 6.07) is 25.1. The van der Waals surface area contributed by atoms with Crippen molar-refractivity contribution < 1.29 is 32.6 Å². The highest BCUT2D eigenvalue weighted by Gasteiger charge is 2.25. The number of rotatable bonds is 11. The number of pyridine rings is 1. The van der Waals surface area contributed by atoms with Crippen molar-refractivity contribution in [1.29, 1.82) is 5.26 Å². The number of methoxy groups -OCH3 is 1. The molecule has 3 aliphatic rings. The molecule has 4 heterocycles. The Hall–Kier alpha value is -8.00. The molecule has 2 aliphatic carbocycles. The van der Waals surface area contributed by atoms with E-state index < -0.39 is 17.6 Å². The first kappa shape index (κ1) is 46.1. The molecule has 1 aliphatic heterocycles. The first-order valence-electron chi connectivity index (χ1n) is 22.9. The average molecular weight is 935 g/mol. The summed E-state index contributed by atoms with van der Waals surface area (Å²) in [7, 11) is 1.20. The molecular formula is C52H48F2N8O7. The van der Waals surface area contributed by atoms with E-state index in [1.807, 2.05) is 12.1 Å². The Morgan fingerprint density at radius 2 is 1.25 bits per heavy atom. The SMILES string of the molecule is COC(=O)c1cc(Cc2n[nH]c(=O)c3ccc(OC4CCC4)cc23)ccc1F.N#Cc1ccc(N2CCCN(C(=O)c3cc(Cc4n[nH]c(=O)c5ccc(OC6CCC6)cc45)ccc3F)CC2)nc1. The van der Waals surface area contributed by atoms with E-state index in [9.17, 15) is 28.0 Å². The van der Waals surface area contributed by atoms with Crippen molar-refractivity contribution in [2.75, 3.05) is 38.2 Å². The van der Waals surface area contributed by atoms with Crippen LogP contribution in [-0.2, 0) is 17.6 Å². The number of fused-ring (bicyclic) bond motifs is 2. The minimum Gasteiger partial charge on any atom is -0.490 e. The van der Waals surface area contributed by atoms with E-state index in [-0.39, 0.29) is 40.4 Å². The van der Waals surface area contributed by atoms with Gasteiger partial charge in [-0.15, -0.1) is 0 Å². The maximum Gasteiger partial charge on any atom is 0.340 e. The van der Waals surface area contributed by atoms with Crippen molar-refractivity contribution in [3.05, 3.63) is 163 Å². The zero-order chi connectivity index (χ0) is 48.0. The van der Waals surface area contributed by atoms with Gasteiger partial charge in [-0.2, -0.15) is 15.5 Å². The highest BCUT2D eigenvalue weighted by atomic mass is 19.1. The average Bonchev–Trinajstić information content (AvgIpc) is 3.61. The summed E-state index contributed by atoms with van der Waals surface area (Å²) in [6.45, 7) is 2.15. The number of aromatic nitrogens is 5. The molecule has 3 fully saturated rings. The van der Waals surface area contributed by atoms with Crippen molar-refractivity contribution in [2.24, 2.45) is 0 Å². The number of hydrogen-bond donors (Lipinski definition) is 2. The van der Waals surface area contributed by atoms with Crippen LogP contribution in [-0.4, -0.2) is 87.7 Å². The van der Waals surface area contributed by atoms with Crippen LogP contribution in [0, 0.1) is 23.0 Å². The van der Waals surface area contributed by atoms with Crippen molar-refractivity contribution in [3.8, 4) is 17.6 Å². The number of amides is 1. The molecule has 15 nitrogen and oxygen atoms in total. The third kappa shape index (κ3) is 10.4. The molecule has 0 spiro atoms. The molecule has 4 aromatic carbocycles. The van der Waals surface area contributed by atoms with E-state index in [4.69, 9.17) is 14.7 Å². The quantitative estimate of drug-likeness (QED) is 0.121. The number of benzene rings is 4. The van der Waals surface area contributed by atoms with Crippen molar-refractivity contribution in [3.63, 3.8) is 0 Å². The van der Waals surface area contributed by atoms with Gasteiger partial charge in [0, 0.05) is 56.0 Å². The number of ether oxygens (including phenoxy) is 3. The minimum absolute atomic E-state index is 0.00943. The van der Waals surface area contributed by atoms with Crippen LogP contribution in [0.5, 0.6) is 11.5 Å². The number of nitrogens with zero attached hydrogens (tertiary/aromatic N) is 6. The lowest BCUT2D eigenvalue weighted by molar-refractivity contribution is 0.0595. The molecule has 352 valence electrons. The number of H-pyrrole nitrogens is 2. The Morgan fingerprint density at radius 1 is 0.681 bits per heavy atom. The van der Waals surface area contributed by atoms with E-state index in [0.29, 0.717) is 107 Å². The Kier molecular flexibility index (Phi) is 13.7. The Bertz CT molecular complexity index is 3220. The molecule has 0 radical (unpaired) electrons. The molecule has 0 unspecified atom stereocenters. The molecular weight excluding hydrogens is 887 g/mol. The van der Waals surface area contributed by atoms with Gasteiger partial charge in [0.25, 0.3) is 17.0 Å². The molecule has 10 rings (SSSR count). The fourth-order valence-electron chi connectivity index (χ4n) is 8.52. The van der Waals surface area contributed by atoms with Crippen molar-refractivity contribution >= 4 is 39.2 Å². The second-order valence-corrected chi connectivity index (χ2v) is 17.4. The van der Waals surface area contributed by atoms with Gasteiger partial charge in [-0.1, -0.05) is 12.1 Å². The van der Waals surface area contributed by atoms with Gasteiger partial charge in [0.2, 0.25) is 0 Å². The number of halogens is 2. The van der Waals surface area contributed by atoms with Crippen molar-refractivity contribution in [1.82, 2.24) is 30.3 Å². The number of nitriles is 1. The maximum absolute atomic E-state index is 15.0. The second-order valence-electron chi connectivity index (χ2n) is 17.4. The predicted molar refractivity (Wildman–Crippen MR) is 253 cm³/mol. The van der Waals surface area contributed by atoms with Crippen LogP contribution >= 0.6 is 0 Å². The molecule has 0 bridgehead atoms. The van der Waals surface area contributed by atoms with Crippen LogP contribution in [0.25, 0.3) is 21.5 Å². The van der Waals surface area contributed by atoms with Crippen LogP contribution in [0.4, 0.5) is 14.6 Å². The van der Waals surface area contributed by atoms with Crippen LogP contribution < -0.4 is 25.5 Å². The molecule has 3 aromatic heterocycles. The molecule has 2 N–H and O–H groups in total. The van der Waals surface area contributed by atoms with Gasteiger partial charge in [-0.05, 0) is 129 Å². The maximum atomic E-state index is 15.0. The van der Waals surface area contributed by atoms with Gasteiger partial charge in [0.1, 0.15) is 35.0 Å². The smallest absolute Gasteiger partial charge is 0.340 e. The summed E-state index contributed by atoms with van der Waals surface area (Å²) in [6.07, 6.45) is 9.69. The lowest BCUT2D eigenvalue weighted by Gasteiger charge is -2.26. The molecule has 0 atom stereocenters. The Balaban J connectivity index is 0.000000185. The van der Waals surface area contributed by atoms with Gasteiger partial charge in [-0.25, -0.2) is 28.8 Å². The molecule has 1 saturated heterocycles.